The summed E-state index contributed by atoms with van der Waals surface area (Å²) in [6.07, 6.45) is 0.656. The van der Waals surface area contributed by atoms with Crippen molar-refractivity contribution in [2.75, 3.05) is 37.2 Å². The van der Waals surface area contributed by atoms with Gasteiger partial charge in [0.2, 0.25) is 5.91 Å². The molecule has 0 saturated carbocycles. The summed E-state index contributed by atoms with van der Waals surface area (Å²) in [4.78, 5) is 57.1. The number of hydrogen-bond donors (Lipinski definition) is 4. The van der Waals surface area contributed by atoms with Gasteiger partial charge in [-0.2, -0.15) is 9.97 Å². The van der Waals surface area contributed by atoms with E-state index < -0.39 is 29.6 Å². The van der Waals surface area contributed by atoms with Crippen molar-refractivity contribution in [3.63, 3.8) is 0 Å². The first kappa shape index (κ1) is 32.7. The summed E-state index contributed by atoms with van der Waals surface area (Å²) < 4.78 is 10.6. The first-order chi connectivity index (χ1) is 20.1. The smallest absolute Gasteiger partial charge is 0.410 e. The van der Waals surface area contributed by atoms with Gasteiger partial charge in [0.05, 0.1) is 23.5 Å². The molecule has 0 aliphatic carbocycles. The molecule has 0 aromatic carbocycles. The molecule has 0 fully saturated rings. The van der Waals surface area contributed by atoms with Crippen LogP contribution < -0.4 is 20.7 Å². The van der Waals surface area contributed by atoms with Crippen molar-refractivity contribution >= 4 is 52.5 Å². The lowest BCUT2D eigenvalue weighted by Gasteiger charge is -2.28. The van der Waals surface area contributed by atoms with E-state index >= 15 is 0 Å². The first-order valence-electron chi connectivity index (χ1n) is 13.0. The van der Waals surface area contributed by atoms with Crippen molar-refractivity contribution in [2.24, 2.45) is 0 Å². The SMILES string of the molecule is CNc1c(C(C)=N)nc(OC)nc1-c1cc(NC(=O)c2ccc(Cl)cn2)nc(NC(=O)C(C)N(C)C(=O)OC(C)(C)C)c1. The van der Waals surface area contributed by atoms with Gasteiger partial charge in [-0.3, -0.25) is 14.5 Å². The number of halogens is 1. The molecular weight excluding hydrogens is 578 g/mol. The minimum absolute atomic E-state index is 0.00144. The lowest BCUT2D eigenvalue weighted by Crippen LogP contribution is -2.45. The monoisotopic (exact) mass is 611 g/mol. The highest BCUT2D eigenvalue weighted by Gasteiger charge is 2.28. The number of ether oxygens (including phenoxy) is 2. The third-order valence-electron chi connectivity index (χ3n) is 5.87. The van der Waals surface area contributed by atoms with Crippen LogP contribution in [0.1, 0.15) is 50.8 Å². The number of nitrogens with zero attached hydrogens (tertiary/aromatic N) is 5. The molecule has 3 rings (SSSR count). The molecule has 3 heterocycles. The highest BCUT2D eigenvalue weighted by atomic mass is 35.5. The molecule has 14 nitrogen and oxygen atoms in total. The summed E-state index contributed by atoms with van der Waals surface area (Å²) in [5.74, 6) is -1.06. The lowest BCUT2D eigenvalue weighted by atomic mass is 10.1. The number of likely N-dealkylation sites (N-methyl/N-ethyl adjacent to an activating group) is 1. The molecule has 0 radical (unpaired) electrons. The molecule has 0 saturated heterocycles. The zero-order valence-corrected chi connectivity index (χ0v) is 25.9. The predicted octanol–water partition coefficient (Wildman–Crippen LogP) is 4.47. The maximum absolute atomic E-state index is 13.2. The molecule has 43 heavy (non-hydrogen) atoms. The van der Waals surface area contributed by atoms with Crippen molar-refractivity contribution in [2.45, 2.75) is 46.3 Å². The van der Waals surface area contributed by atoms with Crippen molar-refractivity contribution in [3.8, 4) is 17.3 Å². The van der Waals surface area contributed by atoms with Crippen LogP contribution in [0.2, 0.25) is 5.02 Å². The van der Waals surface area contributed by atoms with Crippen LogP contribution >= 0.6 is 11.6 Å². The van der Waals surface area contributed by atoms with Crippen molar-refractivity contribution in [3.05, 3.63) is 46.9 Å². The van der Waals surface area contributed by atoms with Gasteiger partial charge in [0.1, 0.15) is 40.4 Å². The van der Waals surface area contributed by atoms with Gasteiger partial charge in [0, 0.05) is 25.9 Å². The van der Waals surface area contributed by atoms with Crippen molar-refractivity contribution in [1.29, 1.82) is 5.41 Å². The Bertz CT molecular complexity index is 1540. The second-order valence-corrected chi connectivity index (χ2v) is 10.8. The fraction of sp³-hybridized carbons (Fsp3) is 0.357. The molecule has 0 aliphatic rings. The van der Waals surface area contributed by atoms with Gasteiger partial charge >= 0.3 is 12.1 Å². The number of amides is 3. The number of pyridine rings is 2. The van der Waals surface area contributed by atoms with Gasteiger partial charge in [-0.1, -0.05) is 11.6 Å². The molecule has 4 N–H and O–H groups in total. The van der Waals surface area contributed by atoms with Crippen molar-refractivity contribution < 1.29 is 23.9 Å². The molecule has 0 aliphatic heterocycles. The zero-order valence-electron chi connectivity index (χ0n) is 25.1. The lowest BCUT2D eigenvalue weighted by molar-refractivity contribution is -0.120. The van der Waals surface area contributed by atoms with Crippen LogP contribution in [0.25, 0.3) is 11.3 Å². The number of anilines is 3. The molecular formula is C28H34ClN9O5. The van der Waals surface area contributed by atoms with E-state index in [0.717, 1.165) is 4.90 Å². The maximum Gasteiger partial charge on any atom is 0.410 e. The standard InChI is InChI=1S/C28H34ClN9O5/c1-14(30)21-23(31-6)22(37-26(36-21)42-8)16-11-19(34-24(39)15(2)38(7)27(41)43-28(3,4)5)33-20(12-16)35-25(40)18-10-9-17(29)13-32-18/h9-13,15,30-31H,1-8H3,(H2,33,34,35,39,40). The van der Waals surface area contributed by atoms with Gasteiger partial charge in [-0.05, 0) is 58.9 Å². The van der Waals surface area contributed by atoms with Gasteiger partial charge in [-0.25, -0.2) is 14.8 Å². The van der Waals surface area contributed by atoms with Crippen LogP contribution in [-0.4, -0.2) is 81.3 Å². The Hall–Kier alpha value is -4.85. The summed E-state index contributed by atoms with van der Waals surface area (Å²) in [6, 6.07) is 5.09. The summed E-state index contributed by atoms with van der Waals surface area (Å²) in [6.45, 7) is 8.27. The van der Waals surface area contributed by atoms with E-state index in [1.54, 1.807) is 34.7 Å². The molecule has 0 spiro atoms. The van der Waals surface area contributed by atoms with Crippen LogP contribution in [0.5, 0.6) is 6.01 Å². The molecule has 15 heteroatoms. The Balaban J connectivity index is 2.07. The van der Waals surface area contributed by atoms with E-state index in [-0.39, 0.29) is 34.7 Å². The van der Waals surface area contributed by atoms with Crippen LogP contribution in [0, 0.1) is 5.41 Å². The minimum Gasteiger partial charge on any atom is -0.467 e. The number of carbonyl (C=O) groups excluding carboxylic acids is 3. The molecule has 0 bridgehead atoms. The second kappa shape index (κ2) is 13.4. The third kappa shape index (κ3) is 8.35. The van der Waals surface area contributed by atoms with Crippen LogP contribution in [-0.2, 0) is 9.53 Å². The second-order valence-electron chi connectivity index (χ2n) is 10.4. The quantitative estimate of drug-likeness (QED) is 0.252. The van der Waals surface area contributed by atoms with E-state index in [4.69, 9.17) is 26.5 Å². The number of aromatic nitrogens is 4. The van der Waals surface area contributed by atoms with Gasteiger partial charge < -0.3 is 30.8 Å². The van der Waals surface area contributed by atoms with E-state index in [9.17, 15) is 14.4 Å². The molecule has 3 aromatic rings. The largest absolute Gasteiger partial charge is 0.467 e. The molecule has 228 valence electrons. The van der Waals surface area contributed by atoms with Gasteiger partial charge in [0.15, 0.2) is 0 Å². The number of hydrogen-bond acceptors (Lipinski definition) is 11. The number of carbonyl (C=O) groups is 3. The fourth-order valence-corrected chi connectivity index (χ4v) is 3.74. The summed E-state index contributed by atoms with van der Waals surface area (Å²) in [5.41, 5.74) is 0.882. The topological polar surface area (TPSA) is 184 Å². The highest BCUT2D eigenvalue weighted by molar-refractivity contribution is 6.30. The Morgan fingerprint density at radius 1 is 1.07 bits per heavy atom. The van der Waals surface area contributed by atoms with Crippen LogP contribution in [0.3, 0.4) is 0 Å². The summed E-state index contributed by atoms with van der Waals surface area (Å²) >= 11 is 5.90. The summed E-state index contributed by atoms with van der Waals surface area (Å²) in [7, 11) is 4.49. The van der Waals surface area contributed by atoms with E-state index in [0.29, 0.717) is 22.0 Å². The van der Waals surface area contributed by atoms with E-state index in [2.05, 4.69) is 35.9 Å². The average molecular weight is 612 g/mol. The number of methoxy groups -OCH3 is 1. The summed E-state index contributed by atoms with van der Waals surface area (Å²) in [5, 5.41) is 16.9. The van der Waals surface area contributed by atoms with Gasteiger partial charge in [-0.15, -0.1) is 0 Å². The predicted molar refractivity (Wildman–Crippen MR) is 163 cm³/mol. The first-order valence-corrected chi connectivity index (χ1v) is 13.4. The zero-order chi connectivity index (χ0) is 32.1. The maximum atomic E-state index is 13.2. The molecule has 3 aromatic heterocycles. The molecule has 3 amide bonds. The van der Waals surface area contributed by atoms with Crippen molar-refractivity contribution in [1.82, 2.24) is 24.8 Å². The Morgan fingerprint density at radius 2 is 1.72 bits per heavy atom. The molecule has 1 unspecified atom stereocenters. The molecule has 1 atom stereocenters. The Labute approximate surface area is 254 Å². The third-order valence-corrected chi connectivity index (χ3v) is 6.09. The Morgan fingerprint density at radius 3 is 2.26 bits per heavy atom. The van der Waals surface area contributed by atoms with Gasteiger partial charge in [0.25, 0.3) is 5.91 Å². The van der Waals surface area contributed by atoms with E-state index in [1.165, 1.54) is 51.5 Å². The highest BCUT2D eigenvalue weighted by Crippen LogP contribution is 2.33. The number of nitrogens with one attached hydrogen (secondary N) is 4. The Kier molecular flexibility index (Phi) is 10.2. The van der Waals surface area contributed by atoms with Crippen LogP contribution in [0.15, 0.2) is 30.5 Å². The minimum atomic E-state index is -0.948. The van der Waals surface area contributed by atoms with Crippen LogP contribution in [0.4, 0.5) is 22.1 Å². The normalized spacial score (nSPS) is 11.7. The van der Waals surface area contributed by atoms with E-state index in [1.807, 2.05) is 0 Å². The average Bonchev–Trinajstić information content (AvgIpc) is 2.94. The number of rotatable bonds is 9. The fourth-order valence-electron chi connectivity index (χ4n) is 3.63.